The molecule has 0 aliphatic heterocycles. The topological polar surface area (TPSA) is 118 Å². The van der Waals surface area contributed by atoms with Crippen LogP contribution in [0.1, 0.15) is 89.9 Å². The van der Waals surface area contributed by atoms with E-state index in [0.717, 1.165) is 44.4 Å². The van der Waals surface area contributed by atoms with Crippen molar-refractivity contribution in [3.05, 3.63) is 0 Å². The first kappa shape index (κ1) is 26.6. The molecule has 0 unspecified atom stereocenters. The normalized spacial score (nSPS) is 22.9. The number of nitrogens with zero attached hydrogens (tertiary/aromatic N) is 4. The molecule has 0 aromatic heterocycles. The minimum absolute atomic E-state index is 0.556. The molecule has 8 heteroatoms. The molecule has 0 spiro atoms. The maximum Gasteiger partial charge on any atom is 0.237 e. The van der Waals surface area contributed by atoms with Crippen molar-refractivity contribution >= 4 is 24.3 Å². The van der Waals surface area contributed by atoms with Crippen LogP contribution in [0, 0.1) is 11.8 Å². The lowest BCUT2D eigenvalue weighted by atomic mass is 9.75. The lowest BCUT2D eigenvalue weighted by Crippen LogP contribution is -2.31. The molecule has 0 N–H and O–H groups in total. The van der Waals surface area contributed by atoms with Crippen LogP contribution in [-0.4, -0.2) is 43.1 Å². The second-order valence-electron chi connectivity index (χ2n) is 8.43. The SMILES string of the molecule is O=C=NC1(N=C=O)CCC(CC2CCCCC2)CC1.O=C=NCCCCCCN=C=O. The summed E-state index contributed by atoms with van der Waals surface area (Å²) in [6.45, 7) is 1.11. The van der Waals surface area contributed by atoms with E-state index >= 15 is 0 Å². The molecule has 0 aromatic rings. The van der Waals surface area contributed by atoms with Crippen molar-refractivity contribution in [1.82, 2.24) is 0 Å². The van der Waals surface area contributed by atoms with Crippen LogP contribution in [0.15, 0.2) is 20.0 Å². The Bertz CT molecular complexity index is 644. The molecule has 8 nitrogen and oxygen atoms in total. The molecule has 2 rings (SSSR count). The summed E-state index contributed by atoms with van der Waals surface area (Å²) in [5.74, 6) is 1.59. The molecular weight excluding hydrogens is 396 g/mol. The van der Waals surface area contributed by atoms with Crippen molar-refractivity contribution < 1.29 is 19.2 Å². The van der Waals surface area contributed by atoms with Gasteiger partial charge in [0.05, 0.1) is 13.1 Å². The van der Waals surface area contributed by atoms with Crippen molar-refractivity contribution in [3.8, 4) is 0 Å². The van der Waals surface area contributed by atoms with E-state index in [1.165, 1.54) is 50.7 Å². The zero-order chi connectivity index (χ0) is 22.6. The Hall–Kier alpha value is -2.48. The Balaban J connectivity index is 0.000000348. The largest absolute Gasteiger partial charge is 0.237 e. The van der Waals surface area contributed by atoms with Gasteiger partial charge in [-0.2, -0.15) is 9.98 Å². The van der Waals surface area contributed by atoms with Crippen LogP contribution in [0.2, 0.25) is 0 Å². The van der Waals surface area contributed by atoms with Gasteiger partial charge in [-0.1, -0.05) is 44.9 Å². The van der Waals surface area contributed by atoms with Crippen LogP contribution in [-0.2, 0) is 19.2 Å². The molecule has 31 heavy (non-hydrogen) atoms. The molecule has 0 radical (unpaired) electrons. The van der Waals surface area contributed by atoms with Crippen LogP contribution >= 0.6 is 0 Å². The van der Waals surface area contributed by atoms with E-state index in [9.17, 15) is 19.2 Å². The van der Waals surface area contributed by atoms with Gasteiger partial charge in [-0.25, -0.2) is 29.2 Å². The predicted molar refractivity (Wildman–Crippen MR) is 117 cm³/mol. The lowest BCUT2D eigenvalue weighted by molar-refractivity contribution is 0.195. The fourth-order valence-corrected chi connectivity index (χ4v) is 4.51. The summed E-state index contributed by atoms with van der Waals surface area (Å²) in [5.41, 5.74) is -0.841. The van der Waals surface area contributed by atoms with E-state index in [1.807, 2.05) is 0 Å². The molecule has 2 fully saturated rings. The summed E-state index contributed by atoms with van der Waals surface area (Å²) >= 11 is 0. The van der Waals surface area contributed by atoms with Gasteiger partial charge in [0.25, 0.3) is 0 Å². The maximum atomic E-state index is 10.5. The minimum atomic E-state index is -0.841. The fourth-order valence-electron chi connectivity index (χ4n) is 4.51. The highest BCUT2D eigenvalue weighted by atomic mass is 16.1. The summed E-state index contributed by atoms with van der Waals surface area (Å²) in [7, 11) is 0. The number of unbranched alkanes of at least 4 members (excludes halogenated alkanes) is 3. The van der Waals surface area contributed by atoms with Crippen molar-refractivity contribution in [1.29, 1.82) is 0 Å². The molecule has 0 bridgehead atoms. The molecular formula is C23H34N4O4. The van der Waals surface area contributed by atoms with E-state index in [0.29, 0.717) is 31.8 Å². The minimum Gasteiger partial charge on any atom is -0.211 e. The third-order valence-electron chi connectivity index (χ3n) is 6.22. The van der Waals surface area contributed by atoms with Gasteiger partial charge in [-0.3, -0.25) is 0 Å². The number of hydrogen-bond donors (Lipinski definition) is 0. The molecule has 0 amide bonds. The van der Waals surface area contributed by atoms with Gasteiger partial charge in [0.15, 0.2) is 5.66 Å². The zero-order valence-corrected chi connectivity index (χ0v) is 18.4. The van der Waals surface area contributed by atoms with Crippen LogP contribution in [0.5, 0.6) is 0 Å². The predicted octanol–water partition coefficient (Wildman–Crippen LogP) is 4.73. The Kier molecular flexibility index (Phi) is 14.8. The average Bonchev–Trinajstić information content (AvgIpc) is 2.79. The summed E-state index contributed by atoms with van der Waals surface area (Å²) in [6.07, 6.45) is 21.5. The number of aliphatic imine (C=N–C) groups is 4. The molecule has 0 saturated heterocycles. The van der Waals surface area contributed by atoms with Crippen LogP contribution in [0.25, 0.3) is 0 Å². The van der Waals surface area contributed by atoms with Gasteiger partial charge in [-0.15, -0.1) is 0 Å². The van der Waals surface area contributed by atoms with Crippen LogP contribution < -0.4 is 0 Å². The third-order valence-corrected chi connectivity index (χ3v) is 6.22. The highest BCUT2D eigenvalue weighted by Gasteiger charge is 2.36. The highest BCUT2D eigenvalue weighted by molar-refractivity contribution is 5.39. The van der Waals surface area contributed by atoms with Crippen molar-refractivity contribution in [3.63, 3.8) is 0 Å². The standard InChI is InChI=1S/C15H22N2O2.C8H12N2O2/c18-11-16-15(17-12-19)8-6-14(7-9-15)10-13-4-2-1-3-5-13;11-7-9-5-3-1-2-4-6-10-8-12/h13-14H,1-10H2;1-6H2. The quantitative estimate of drug-likeness (QED) is 0.267. The van der Waals surface area contributed by atoms with Gasteiger partial charge in [0, 0.05) is 0 Å². The highest BCUT2D eigenvalue weighted by Crippen LogP contribution is 2.40. The monoisotopic (exact) mass is 430 g/mol. The Morgan fingerprint density at radius 2 is 1.10 bits per heavy atom. The van der Waals surface area contributed by atoms with Gasteiger partial charge in [0.2, 0.25) is 24.3 Å². The van der Waals surface area contributed by atoms with Crippen LogP contribution in [0.3, 0.4) is 0 Å². The summed E-state index contributed by atoms with van der Waals surface area (Å²) < 4.78 is 0. The average molecular weight is 431 g/mol. The number of hydrogen-bond acceptors (Lipinski definition) is 8. The number of rotatable bonds is 11. The number of isocyanates is 4. The fraction of sp³-hybridized carbons (Fsp3) is 0.826. The van der Waals surface area contributed by atoms with E-state index in [1.54, 1.807) is 12.2 Å². The van der Waals surface area contributed by atoms with E-state index in [4.69, 9.17) is 0 Å². The van der Waals surface area contributed by atoms with Gasteiger partial charge in [0.1, 0.15) is 0 Å². The van der Waals surface area contributed by atoms with E-state index in [2.05, 4.69) is 20.0 Å². The van der Waals surface area contributed by atoms with Gasteiger partial charge in [-0.05, 0) is 56.8 Å². The Morgan fingerprint density at radius 3 is 1.55 bits per heavy atom. The summed E-state index contributed by atoms with van der Waals surface area (Å²) in [5, 5.41) is 0. The Labute approximate surface area is 184 Å². The third kappa shape index (κ3) is 12.1. The number of carbonyl (C=O) groups excluding carboxylic acids is 4. The van der Waals surface area contributed by atoms with Gasteiger partial charge >= 0.3 is 0 Å². The molecule has 2 saturated carbocycles. The second kappa shape index (κ2) is 17.2. The van der Waals surface area contributed by atoms with Gasteiger partial charge < -0.3 is 0 Å². The smallest absolute Gasteiger partial charge is 0.211 e. The maximum absolute atomic E-state index is 10.5. The van der Waals surface area contributed by atoms with E-state index < -0.39 is 5.66 Å². The molecule has 0 heterocycles. The second-order valence-corrected chi connectivity index (χ2v) is 8.43. The molecule has 0 atom stereocenters. The van der Waals surface area contributed by atoms with Crippen molar-refractivity contribution in [2.75, 3.05) is 13.1 Å². The first-order valence-electron chi connectivity index (χ1n) is 11.4. The summed E-state index contributed by atoms with van der Waals surface area (Å²) in [4.78, 5) is 54.5. The lowest BCUT2D eigenvalue weighted by Gasteiger charge is -2.34. The molecule has 2 aliphatic carbocycles. The zero-order valence-electron chi connectivity index (χ0n) is 18.4. The van der Waals surface area contributed by atoms with Crippen molar-refractivity contribution in [2.45, 2.75) is 95.6 Å². The Morgan fingerprint density at radius 1 is 0.613 bits per heavy atom. The molecule has 0 aromatic carbocycles. The first-order chi connectivity index (χ1) is 15.2. The first-order valence-corrected chi connectivity index (χ1v) is 11.4. The molecule has 170 valence electrons. The summed E-state index contributed by atoms with van der Waals surface area (Å²) in [6, 6.07) is 0. The van der Waals surface area contributed by atoms with Crippen LogP contribution in [0.4, 0.5) is 0 Å². The van der Waals surface area contributed by atoms with E-state index in [-0.39, 0.29) is 0 Å². The van der Waals surface area contributed by atoms with Crippen molar-refractivity contribution in [2.24, 2.45) is 31.8 Å². The molecule has 2 aliphatic rings.